The smallest absolute Gasteiger partial charge is 0.190 e. The van der Waals surface area contributed by atoms with Crippen molar-refractivity contribution in [3.05, 3.63) is 35.9 Å². The second-order valence-electron chi connectivity index (χ2n) is 5.81. The topological polar surface area (TPSA) is 45.7 Å². The fourth-order valence-corrected chi connectivity index (χ4v) is 2.02. The van der Waals surface area contributed by atoms with Crippen molar-refractivity contribution in [2.24, 2.45) is 10.9 Å². The van der Waals surface area contributed by atoms with E-state index in [0.717, 1.165) is 51.5 Å². The Kier molecular flexibility index (Phi) is 14.2. The maximum Gasteiger partial charge on any atom is 0.190 e. The van der Waals surface area contributed by atoms with Crippen molar-refractivity contribution in [1.82, 2.24) is 10.6 Å². The van der Waals surface area contributed by atoms with Crippen LogP contribution in [-0.4, -0.2) is 39.3 Å². The highest BCUT2D eigenvalue weighted by Crippen LogP contribution is 1.99. The van der Waals surface area contributed by atoms with Gasteiger partial charge in [0.25, 0.3) is 0 Å². The molecule has 0 spiro atoms. The van der Waals surface area contributed by atoms with Gasteiger partial charge in [-0.3, -0.25) is 4.99 Å². The lowest BCUT2D eigenvalue weighted by Gasteiger charge is -2.12. The molecular weight excluding hydrogens is 401 g/mol. The molecule has 0 unspecified atom stereocenters. The van der Waals surface area contributed by atoms with E-state index in [1.165, 1.54) is 5.56 Å². The lowest BCUT2D eigenvalue weighted by Crippen LogP contribution is -2.38. The average Bonchev–Trinajstić information content (AvgIpc) is 2.53. The van der Waals surface area contributed by atoms with Crippen molar-refractivity contribution in [3.63, 3.8) is 0 Å². The van der Waals surface area contributed by atoms with E-state index < -0.39 is 0 Å². The van der Waals surface area contributed by atoms with Gasteiger partial charge in [0.2, 0.25) is 0 Å². The minimum atomic E-state index is 0. The molecule has 0 atom stereocenters. The van der Waals surface area contributed by atoms with Crippen LogP contribution in [0.15, 0.2) is 35.3 Å². The zero-order valence-corrected chi connectivity index (χ0v) is 17.0. The number of nitrogens with zero attached hydrogens (tertiary/aromatic N) is 1. The van der Waals surface area contributed by atoms with Gasteiger partial charge in [-0.05, 0) is 30.7 Å². The lowest BCUT2D eigenvalue weighted by molar-refractivity contribution is 0.135. The van der Waals surface area contributed by atoms with Gasteiger partial charge in [0.15, 0.2) is 5.96 Å². The van der Waals surface area contributed by atoms with E-state index >= 15 is 0 Å². The molecule has 23 heavy (non-hydrogen) atoms. The number of ether oxygens (including phenoxy) is 1. The Morgan fingerprint density at radius 2 is 1.78 bits per heavy atom. The van der Waals surface area contributed by atoms with Crippen LogP contribution in [0.4, 0.5) is 0 Å². The Hall–Kier alpha value is -0.820. The first-order valence-corrected chi connectivity index (χ1v) is 8.28. The summed E-state index contributed by atoms with van der Waals surface area (Å²) < 4.78 is 5.67. The van der Waals surface area contributed by atoms with Crippen LogP contribution >= 0.6 is 24.0 Å². The highest BCUT2D eigenvalue weighted by Gasteiger charge is 1.98. The third kappa shape index (κ3) is 12.3. The van der Waals surface area contributed by atoms with Crippen molar-refractivity contribution in [2.45, 2.75) is 33.1 Å². The molecule has 0 aromatic heterocycles. The summed E-state index contributed by atoms with van der Waals surface area (Å²) in [5, 5.41) is 6.63. The van der Waals surface area contributed by atoms with Gasteiger partial charge in [-0.2, -0.15) is 0 Å². The number of halogens is 1. The molecule has 1 aromatic carbocycles. The minimum absolute atomic E-state index is 0. The van der Waals surface area contributed by atoms with Gasteiger partial charge in [-0.25, -0.2) is 0 Å². The van der Waals surface area contributed by atoms with Gasteiger partial charge in [-0.15, -0.1) is 24.0 Å². The first kappa shape index (κ1) is 22.2. The highest BCUT2D eigenvalue weighted by atomic mass is 127. The number of rotatable bonds is 10. The molecule has 1 rings (SSSR count). The van der Waals surface area contributed by atoms with Crippen LogP contribution in [0, 0.1) is 5.92 Å². The predicted octanol–water partition coefficient (Wildman–Crippen LogP) is 3.46. The highest BCUT2D eigenvalue weighted by molar-refractivity contribution is 14.0. The van der Waals surface area contributed by atoms with Crippen LogP contribution in [0.1, 0.15) is 32.3 Å². The SMILES string of the molecule is CN=C(NCCCOCCc1ccccc1)NCCC(C)C.I. The number of hydrogen-bond donors (Lipinski definition) is 2. The van der Waals surface area contributed by atoms with E-state index in [0.29, 0.717) is 5.92 Å². The maximum atomic E-state index is 5.67. The van der Waals surface area contributed by atoms with Crippen molar-refractivity contribution in [1.29, 1.82) is 0 Å². The molecule has 5 heteroatoms. The molecule has 0 aliphatic heterocycles. The molecule has 0 aliphatic rings. The Balaban J connectivity index is 0.00000484. The average molecular weight is 433 g/mol. The van der Waals surface area contributed by atoms with E-state index in [-0.39, 0.29) is 24.0 Å². The zero-order valence-electron chi connectivity index (χ0n) is 14.7. The summed E-state index contributed by atoms with van der Waals surface area (Å²) in [6.07, 6.45) is 3.12. The largest absolute Gasteiger partial charge is 0.381 e. The molecule has 0 heterocycles. The quantitative estimate of drug-likeness (QED) is 0.257. The third-order valence-corrected chi connectivity index (χ3v) is 3.37. The summed E-state index contributed by atoms with van der Waals surface area (Å²) in [5.41, 5.74) is 1.33. The summed E-state index contributed by atoms with van der Waals surface area (Å²) >= 11 is 0. The number of guanidine groups is 1. The van der Waals surface area contributed by atoms with Crippen molar-refractivity contribution in [2.75, 3.05) is 33.4 Å². The second kappa shape index (κ2) is 14.8. The normalized spacial score (nSPS) is 11.2. The van der Waals surface area contributed by atoms with Crippen LogP contribution in [0.5, 0.6) is 0 Å². The molecule has 2 N–H and O–H groups in total. The zero-order chi connectivity index (χ0) is 16.0. The van der Waals surface area contributed by atoms with Crippen molar-refractivity contribution >= 4 is 29.9 Å². The van der Waals surface area contributed by atoms with Gasteiger partial charge < -0.3 is 15.4 Å². The molecular formula is C18H32IN3O. The Bertz CT molecular complexity index is 410. The number of hydrogen-bond acceptors (Lipinski definition) is 2. The van der Waals surface area contributed by atoms with Gasteiger partial charge in [-0.1, -0.05) is 44.2 Å². The molecule has 0 saturated heterocycles. The number of nitrogens with one attached hydrogen (secondary N) is 2. The molecule has 0 amide bonds. The van der Waals surface area contributed by atoms with Gasteiger partial charge in [0.05, 0.1) is 6.61 Å². The second-order valence-corrected chi connectivity index (χ2v) is 5.81. The summed E-state index contributed by atoms with van der Waals surface area (Å²) in [5.74, 6) is 1.59. The van der Waals surface area contributed by atoms with Crippen LogP contribution in [0.25, 0.3) is 0 Å². The van der Waals surface area contributed by atoms with E-state index in [1.807, 2.05) is 6.07 Å². The monoisotopic (exact) mass is 433 g/mol. The minimum Gasteiger partial charge on any atom is -0.381 e. The molecule has 1 aromatic rings. The van der Waals surface area contributed by atoms with Gasteiger partial charge in [0.1, 0.15) is 0 Å². The lowest BCUT2D eigenvalue weighted by atomic mass is 10.1. The molecule has 132 valence electrons. The number of aliphatic imine (C=N–C) groups is 1. The number of benzene rings is 1. The van der Waals surface area contributed by atoms with Crippen LogP contribution in [0.3, 0.4) is 0 Å². The molecule has 0 saturated carbocycles. The van der Waals surface area contributed by atoms with Crippen molar-refractivity contribution in [3.8, 4) is 0 Å². The standard InChI is InChI=1S/C18H31N3O.HI/c1-16(2)10-13-21-18(19-3)20-12-7-14-22-15-11-17-8-5-4-6-9-17;/h4-6,8-9,16H,7,10-15H2,1-3H3,(H2,19,20,21);1H. The van der Waals surface area contributed by atoms with E-state index in [1.54, 1.807) is 7.05 Å². The molecule has 0 radical (unpaired) electrons. The van der Waals surface area contributed by atoms with Gasteiger partial charge in [0, 0.05) is 26.7 Å². The van der Waals surface area contributed by atoms with E-state index in [4.69, 9.17) is 4.74 Å². The fraction of sp³-hybridized carbons (Fsp3) is 0.611. The Morgan fingerprint density at radius 3 is 2.43 bits per heavy atom. The van der Waals surface area contributed by atoms with Crippen LogP contribution < -0.4 is 10.6 Å². The molecule has 0 aliphatic carbocycles. The first-order valence-electron chi connectivity index (χ1n) is 8.28. The van der Waals surface area contributed by atoms with Crippen molar-refractivity contribution < 1.29 is 4.74 Å². The van der Waals surface area contributed by atoms with Gasteiger partial charge >= 0.3 is 0 Å². The van der Waals surface area contributed by atoms with Crippen LogP contribution in [0.2, 0.25) is 0 Å². The summed E-state index contributed by atoms with van der Waals surface area (Å²) in [6, 6.07) is 10.4. The predicted molar refractivity (Wildman–Crippen MR) is 110 cm³/mol. The molecule has 0 fully saturated rings. The Labute approximate surface area is 158 Å². The third-order valence-electron chi connectivity index (χ3n) is 3.37. The van der Waals surface area contributed by atoms with E-state index in [2.05, 4.69) is 53.7 Å². The molecule has 0 bridgehead atoms. The summed E-state index contributed by atoms with van der Waals surface area (Å²) in [4.78, 5) is 4.21. The Morgan fingerprint density at radius 1 is 1.09 bits per heavy atom. The summed E-state index contributed by atoms with van der Waals surface area (Å²) in [7, 11) is 1.81. The summed E-state index contributed by atoms with van der Waals surface area (Å²) in [6.45, 7) is 7.86. The van der Waals surface area contributed by atoms with Crippen LogP contribution in [-0.2, 0) is 11.2 Å². The maximum absolute atomic E-state index is 5.67. The van der Waals surface area contributed by atoms with E-state index in [9.17, 15) is 0 Å². The fourth-order valence-electron chi connectivity index (χ4n) is 2.02. The first-order chi connectivity index (χ1) is 10.7. The molecule has 4 nitrogen and oxygen atoms in total.